The van der Waals surface area contributed by atoms with E-state index in [1.807, 2.05) is 13.8 Å². The Kier molecular flexibility index (Phi) is 5.61. The van der Waals surface area contributed by atoms with Crippen molar-refractivity contribution in [2.75, 3.05) is 13.2 Å². The summed E-state index contributed by atoms with van der Waals surface area (Å²) in [5, 5.41) is 28.4. The lowest BCUT2D eigenvalue weighted by Crippen LogP contribution is -2.42. The smallest absolute Gasteiger partial charge is 0.353 e. The molecule has 0 spiro atoms. The Morgan fingerprint density at radius 3 is 2.79 bits per heavy atom. The number of allylic oxidation sites excluding steroid dienone is 1. The van der Waals surface area contributed by atoms with Gasteiger partial charge in [-0.2, -0.15) is 4.98 Å². The van der Waals surface area contributed by atoms with Crippen molar-refractivity contribution >= 4 is 11.6 Å². The van der Waals surface area contributed by atoms with Crippen LogP contribution in [-0.4, -0.2) is 56.1 Å². The first-order valence-electron chi connectivity index (χ1n) is 7.08. The summed E-state index contributed by atoms with van der Waals surface area (Å²) in [7, 11) is 0. The topological polar surface area (TPSA) is 114 Å². The molecule has 0 aliphatic carbocycles. The van der Waals surface area contributed by atoms with Gasteiger partial charge in [-0.05, 0) is 19.9 Å². The zero-order chi connectivity index (χ0) is 18.1. The normalized spacial score (nSPS) is 29.5. The van der Waals surface area contributed by atoms with Gasteiger partial charge in [0, 0.05) is 6.20 Å². The Balaban J connectivity index is 2.28. The minimum absolute atomic E-state index is 0.0672. The van der Waals surface area contributed by atoms with Crippen LogP contribution < -0.4 is 10.4 Å². The van der Waals surface area contributed by atoms with E-state index in [2.05, 4.69) is 4.98 Å². The average molecular weight is 365 g/mol. The van der Waals surface area contributed by atoms with E-state index in [9.17, 15) is 19.4 Å². The Hall–Kier alpha value is -1.52. The molecule has 2 heterocycles. The van der Waals surface area contributed by atoms with Crippen LogP contribution in [0.3, 0.4) is 0 Å². The molecule has 0 saturated carbocycles. The molecular formula is C14H18ClFN2O6. The van der Waals surface area contributed by atoms with E-state index < -0.39 is 36.6 Å². The molecule has 134 valence electrons. The van der Waals surface area contributed by atoms with E-state index >= 15 is 0 Å². The number of halogens is 2. The molecule has 0 amide bonds. The number of aliphatic hydroxyl groups is 3. The van der Waals surface area contributed by atoms with Gasteiger partial charge in [0.25, 0.3) is 5.85 Å². The van der Waals surface area contributed by atoms with Crippen molar-refractivity contribution in [1.82, 2.24) is 9.55 Å². The Morgan fingerprint density at radius 1 is 1.58 bits per heavy atom. The van der Waals surface area contributed by atoms with Crippen LogP contribution in [0.5, 0.6) is 5.88 Å². The van der Waals surface area contributed by atoms with E-state index in [0.29, 0.717) is 0 Å². The zero-order valence-electron chi connectivity index (χ0n) is 13.0. The minimum atomic E-state index is -2.89. The average Bonchev–Trinajstić information content (AvgIpc) is 2.75. The lowest BCUT2D eigenvalue weighted by molar-refractivity contribution is -0.207. The van der Waals surface area contributed by atoms with Crippen molar-refractivity contribution < 1.29 is 29.2 Å². The van der Waals surface area contributed by atoms with Crippen LogP contribution >= 0.6 is 11.6 Å². The third kappa shape index (κ3) is 3.60. The number of hydrogen-bond acceptors (Lipinski definition) is 7. The molecule has 2 rings (SSSR count). The number of aromatic nitrogens is 2. The van der Waals surface area contributed by atoms with Crippen LogP contribution in [0.25, 0.3) is 0 Å². The molecular weight excluding hydrogens is 347 g/mol. The molecule has 0 unspecified atom stereocenters. The molecule has 1 aliphatic heterocycles. The Morgan fingerprint density at radius 2 is 2.25 bits per heavy atom. The van der Waals surface area contributed by atoms with Gasteiger partial charge in [-0.1, -0.05) is 17.2 Å². The van der Waals surface area contributed by atoms with E-state index in [1.165, 1.54) is 0 Å². The van der Waals surface area contributed by atoms with Crippen LogP contribution in [0, 0.1) is 0 Å². The summed E-state index contributed by atoms with van der Waals surface area (Å²) in [6.07, 6.45) is -2.62. The molecule has 24 heavy (non-hydrogen) atoms. The first-order chi connectivity index (χ1) is 11.2. The van der Waals surface area contributed by atoms with Crippen LogP contribution in [0.4, 0.5) is 4.39 Å². The van der Waals surface area contributed by atoms with Gasteiger partial charge < -0.3 is 24.8 Å². The minimum Gasteiger partial charge on any atom is -0.472 e. The molecule has 1 saturated heterocycles. The predicted molar refractivity (Wildman–Crippen MR) is 81.5 cm³/mol. The number of nitrogens with zero attached hydrogens (tertiary/aromatic N) is 2. The molecule has 1 fully saturated rings. The molecule has 0 radical (unpaired) electrons. The summed E-state index contributed by atoms with van der Waals surface area (Å²) < 4.78 is 24.9. The molecule has 0 bridgehead atoms. The quantitative estimate of drug-likeness (QED) is 0.637. The fourth-order valence-corrected chi connectivity index (χ4v) is 2.31. The Bertz CT molecular complexity index is 692. The lowest BCUT2D eigenvalue weighted by atomic mass is 10.1. The molecule has 8 nitrogen and oxygen atoms in total. The van der Waals surface area contributed by atoms with Crippen molar-refractivity contribution in [2.45, 2.75) is 38.1 Å². The SMILES string of the molecule is CC(C)=CCOc1nc(=O)n([C@@H]2O[C@](F)(CO)[C@@H](O)[C@H]2O)cc1Cl. The maximum Gasteiger partial charge on any atom is 0.353 e. The van der Waals surface area contributed by atoms with Gasteiger partial charge in [0.15, 0.2) is 6.23 Å². The van der Waals surface area contributed by atoms with Crippen molar-refractivity contribution in [1.29, 1.82) is 0 Å². The van der Waals surface area contributed by atoms with E-state index in [1.54, 1.807) is 6.08 Å². The highest BCUT2D eigenvalue weighted by Crippen LogP contribution is 2.37. The maximum absolute atomic E-state index is 14.1. The van der Waals surface area contributed by atoms with Gasteiger partial charge in [-0.15, -0.1) is 0 Å². The number of rotatable bonds is 5. The van der Waals surface area contributed by atoms with Gasteiger partial charge in [0.2, 0.25) is 5.88 Å². The van der Waals surface area contributed by atoms with Crippen molar-refractivity contribution in [3.63, 3.8) is 0 Å². The number of hydrogen-bond donors (Lipinski definition) is 3. The number of ether oxygens (including phenoxy) is 2. The maximum atomic E-state index is 14.1. The van der Waals surface area contributed by atoms with Crippen LogP contribution in [0.15, 0.2) is 22.6 Å². The summed E-state index contributed by atoms with van der Waals surface area (Å²) in [4.78, 5) is 15.7. The first kappa shape index (κ1) is 18.8. The van der Waals surface area contributed by atoms with E-state index in [0.717, 1.165) is 16.3 Å². The van der Waals surface area contributed by atoms with Gasteiger partial charge in [0.05, 0.1) is 0 Å². The third-order valence-corrected chi connectivity index (χ3v) is 3.71. The number of aliphatic hydroxyl groups excluding tert-OH is 3. The van der Waals surface area contributed by atoms with E-state index in [4.69, 9.17) is 26.2 Å². The van der Waals surface area contributed by atoms with Crippen LogP contribution in [0.2, 0.25) is 5.02 Å². The molecule has 1 aliphatic rings. The standard InChI is InChI=1S/C14H18ClFN2O6/c1-7(2)3-4-23-11-8(15)5-18(13(22)17-11)12-9(20)10(21)14(16,6-19)24-12/h3,5,9-10,12,19-21H,4,6H2,1-2H3/t9-,10+,12-,14-/m1/s1. The van der Waals surface area contributed by atoms with Gasteiger partial charge >= 0.3 is 5.69 Å². The summed E-state index contributed by atoms with van der Waals surface area (Å²) in [5.41, 5.74) is 0.0734. The van der Waals surface area contributed by atoms with E-state index in [-0.39, 0.29) is 17.5 Å². The second-order valence-corrected chi connectivity index (χ2v) is 5.97. The number of alkyl halides is 1. The monoisotopic (exact) mass is 364 g/mol. The predicted octanol–water partition coefficient (Wildman–Crippen LogP) is 0.150. The second kappa shape index (κ2) is 7.16. The van der Waals surface area contributed by atoms with Crippen molar-refractivity contribution in [3.8, 4) is 5.88 Å². The first-order valence-corrected chi connectivity index (χ1v) is 7.46. The second-order valence-electron chi connectivity index (χ2n) is 5.56. The highest BCUT2D eigenvalue weighted by atomic mass is 35.5. The molecule has 4 atom stereocenters. The third-order valence-electron chi connectivity index (χ3n) is 3.45. The van der Waals surface area contributed by atoms with Gasteiger partial charge in [0.1, 0.15) is 30.4 Å². The highest BCUT2D eigenvalue weighted by Gasteiger charge is 2.56. The van der Waals surface area contributed by atoms with Gasteiger partial charge in [-0.3, -0.25) is 4.57 Å². The van der Waals surface area contributed by atoms with Crippen molar-refractivity contribution in [2.24, 2.45) is 0 Å². The van der Waals surface area contributed by atoms with Crippen LogP contribution in [-0.2, 0) is 4.74 Å². The molecule has 10 heteroatoms. The summed E-state index contributed by atoms with van der Waals surface area (Å²) in [6, 6.07) is 0. The summed E-state index contributed by atoms with van der Waals surface area (Å²) in [5.74, 6) is -3.02. The van der Waals surface area contributed by atoms with Crippen molar-refractivity contribution in [3.05, 3.63) is 33.4 Å². The molecule has 1 aromatic rings. The fraction of sp³-hybridized carbons (Fsp3) is 0.571. The Labute approximate surface area is 141 Å². The fourth-order valence-electron chi connectivity index (χ4n) is 2.10. The molecule has 3 N–H and O–H groups in total. The molecule has 0 aromatic carbocycles. The highest BCUT2D eigenvalue weighted by molar-refractivity contribution is 6.31. The molecule has 1 aromatic heterocycles. The summed E-state index contributed by atoms with van der Waals surface area (Å²) in [6.45, 7) is 2.69. The largest absolute Gasteiger partial charge is 0.472 e. The van der Waals surface area contributed by atoms with Crippen LogP contribution in [0.1, 0.15) is 20.1 Å². The summed E-state index contributed by atoms with van der Waals surface area (Å²) >= 11 is 5.97. The lowest BCUT2D eigenvalue weighted by Gasteiger charge is -2.20. The van der Waals surface area contributed by atoms with Gasteiger partial charge in [-0.25, -0.2) is 9.18 Å². The zero-order valence-corrected chi connectivity index (χ0v) is 13.8.